The quantitative estimate of drug-likeness (QED) is 0.254. The molecule has 0 fully saturated rings. The normalized spacial score (nSPS) is 8.29. The minimum atomic E-state index is -5.17. The maximum atomic E-state index is 8.52. The Labute approximate surface area is 74.0 Å². The molecule has 0 aliphatic rings. The zero-order valence-corrected chi connectivity index (χ0v) is 7.10. The fourth-order valence-corrected chi connectivity index (χ4v) is 0. The molecule has 0 aromatic rings. The van der Waals surface area contributed by atoms with Crippen molar-refractivity contribution >= 4 is 40.0 Å². The van der Waals surface area contributed by atoms with Crippen LogP contribution in [0.5, 0.6) is 0 Å². The Morgan fingerprint density at radius 2 is 1.14 bits per heavy atom. The van der Waals surface area contributed by atoms with E-state index < -0.39 is 10.4 Å². The predicted octanol–water partition coefficient (Wildman–Crippen LogP) is -1.72. The fourth-order valence-electron chi connectivity index (χ4n) is 0. The summed E-state index contributed by atoms with van der Waals surface area (Å²) in [5, 5.41) is 0. The molecule has 42 valence electrons. The molecule has 2 radical (unpaired) electrons. The Morgan fingerprint density at radius 3 is 1.14 bits per heavy atom. The van der Waals surface area contributed by atoms with E-state index in [1.807, 2.05) is 0 Å². The Balaban J connectivity index is -0.0000000800. The van der Waals surface area contributed by atoms with Crippen molar-refractivity contribution in [3.8, 4) is 0 Å². The molecule has 0 N–H and O–H groups in total. The molecule has 0 saturated carbocycles. The van der Waals surface area contributed by atoms with Gasteiger partial charge in [-0.2, -0.15) is 0 Å². The molecule has 0 aromatic heterocycles. The molecular weight excluding hydrogens is 183 g/mol. The van der Waals surface area contributed by atoms with Gasteiger partial charge in [0.1, 0.15) is 0 Å². The molecule has 0 aliphatic carbocycles. The topological polar surface area (TPSA) is 80.3 Å². The van der Waals surface area contributed by atoms with E-state index in [-0.39, 0.29) is 46.6 Å². The van der Waals surface area contributed by atoms with Gasteiger partial charge in [0.2, 0.25) is 0 Å². The van der Waals surface area contributed by atoms with Crippen molar-refractivity contribution < 1.29 is 34.6 Å². The molecule has 0 rings (SSSR count). The zero-order chi connectivity index (χ0) is 4.50. The molecule has 0 bridgehead atoms. The van der Waals surface area contributed by atoms with E-state index in [1.165, 1.54) is 0 Å². The molecule has 4 nitrogen and oxygen atoms in total. The van der Waals surface area contributed by atoms with Gasteiger partial charge in [0.05, 0.1) is 0 Å². The molecule has 0 aliphatic heterocycles. The summed E-state index contributed by atoms with van der Waals surface area (Å²) >= 11 is 0. The van der Waals surface area contributed by atoms with Crippen molar-refractivity contribution in [3.05, 3.63) is 0 Å². The van der Waals surface area contributed by atoms with Crippen LogP contribution in [0.1, 0.15) is 0 Å². The smallest absolute Gasteiger partial charge is 0.759 e. The third kappa shape index (κ3) is 111. The summed E-state index contributed by atoms with van der Waals surface area (Å²) in [6.45, 7) is 0. The summed E-state index contributed by atoms with van der Waals surface area (Å²) in [5.74, 6) is 0. The minimum absolute atomic E-state index is 0. The molecule has 0 unspecified atom stereocenters. The Kier molecular flexibility index (Phi) is 12.4. The zero-order valence-electron chi connectivity index (χ0n) is 3.34. The first-order valence-electron chi connectivity index (χ1n) is 0.667. The molecular formula is CuNaO4S. The first-order valence-corrected chi connectivity index (χ1v) is 2.00. The third-order valence-electron chi connectivity index (χ3n) is 0. The predicted molar refractivity (Wildman–Crippen MR) is 16.2 cm³/mol. The van der Waals surface area contributed by atoms with Crippen molar-refractivity contribution in [1.82, 2.24) is 0 Å². The van der Waals surface area contributed by atoms with Gasteiger partial charge in [0, 0.05) is 40.0 Å². The van der Waals surface area contributed by atoms with E-state index in [0.29, 0.717) is 0 Å². The first-order chi connectivity index (χ1) is 2.00. The van der Waals surface area contributed by atoms with Gasteiger partial charge in [0.25, 0.3) is 0 Å². The second-order valence-electron chi connectivity index (χ2n) is 0.408. The summed E-state index contributed by atoms with van der Waals surface area (Å²) in [6, 6.07) is 0. The van der Waals surface area contributed by atoms with Crippen LogP contribution in [0.4, 0.5) is 0 Å². The third-order valence-corrected chi connectivity index (χ3v) is 0. The second-order valence-corrected chi connectivity index (χ2v) is 1.22. The van der Waals surface area contributed by atoms with Gasteiger partial charge < -0.3 is 9.11 Å². The summed E-state index contributed by atoms with van der Waals surface area (Å²) in [5.41, 5.74) is 0. The molecule has 7 heteroatoms. The summed E-state index contributed by atoms with van der Waals surface area (Å²) in [6.07, 6.45) is 0. The molecule has 0 amide bonds. The average Bonchev–Trinajstić information content (AvgIpc) is 0.722. The van der Waals surface area contributed by atoms with Crippen LogP contribution >= 0.6 is 0 Å². The van der Waals surface area contributed by atoms with Crippen LogP contribution in [-0.4, -0.2) is 47.1 Å². The van der Waals surface area contributed by atoms with Crippen molar-refractivity contribution in [2.24, 2.45) is 0 Å². The summed E-state index contributed by atoms with van der Waals surface area (Å²) in [7, 11) is -5.17. The van der Waals surface area contributed by atoms with Crippen LogP contribution in [0.2, 0.25) is 0 Å². The van der Waals surface area contributed by atoms with E-state index in [0.717, 1.165) is 0 Å². The van der Waals surface area contributed by atoms with Crippen LogP contribution in [0, 0.1) is 0 Å². The molecule has 0 aromatic carbocycles. The number of rotatable bonds is 0. The van der Waals surface area contributed by atoms with Gasteiger partial charge >= 0.3 is 17.1 Å². The van der Waals surface area contributed by atoms with Gasteiger partial charge in [0.15, 0.2) is 0 Å². The van der Waals surface area contributed by atoms with E-state index in [9.17, 15) is 0 Å². The van der Waals surface area contributed by atoms with Gasteiger partial charge in [-0.1, -0.05) is 0 Å². The van der Waals surface area contributed by atoms with Gasteiger partial charge in [-0.3, -0.25) is 8.42 Å². The van der Waals surface area contributed by atoms with Gasteiger partial charge in [-0.15, -0.1) is 0 Å². The minimum Gasteiger partial charge on any atom is -0.759 e. The molecule has 0 atom stereocenters. The maximum absolute atomic E-state index is 8.52. The van der Waals surface area contributed by atoms with Crippen LogP contribution in [0.15, 0.2) is 0 Å². The summed E-state index contributed by atoms with van der Waals surface area (Å²) < 4.78 is 34.1. The molecule has 7 heavy (non-hydrogen) atoms. The first kappa shape index (κ1) is 15.8. The van der Waals surface area contributed by atoms with Crippen LogP contribution in [-0.2, 0) is 27.5 Å². The van der Waals surface area contributed by atoms with Crippen molar-refractivity contribution in [3.63, 3.8) is 0 Å². The van der Waals surface area contributed by atoms with E-state index >= 15 is 0 Å². The second kappa shape index (κ2) is 5.52. The average molecular weight is 183 g/mol. The van der Waals surface area contributed by atoms with Crippen LogP contribution in [0.25, 0.3) is 0 Å². The Morgan fingerprint density at radius 1 is 1.14 bits per heavy atom. The SMILES string of the molecule is O=S(=O)([O-])[O-].[Cu+2].[Na]. The molecule has 0 spiro atoms. The van der Waals surface area contributed by atoms with Crippen molar-refractivity contribution in [1.29, 1.82) is 0 Å². The Bertz CT molecular complexity index is 94.9. The maximum Gasteiger partial charge on any atom is 2.00 e. The van der Waals surface area contributed by atoms with Crippen LogP contribution in [0.3, 0.4) is 0 Å². The van der Waals surface area contributed by atoms with Crippen LogP contribution < -0.4 is 0 Å². The molecule has 0 saturated heterocycles. The van der Waals surface area contributed by atoms with Gasteiger partial charge in [-0.05, 0) is 0 Å². The van der Waals surface area contributed by atoms with Crippen molar-refractivity contribution in [2.45, 2.75) is 0 Å². The Hall–Kier alpha value is 1.39. The van der Waals surface area contributed by atoms with Gasteiger partial charge in [-0.25, -0.2) is 0 Å². The van der Waals surface area contributed by atoms with E-state index in [4.69, 9.17) is 17.5 Å². The number of hydrogen-bond donors (Lipinski definition) is 0. The largest absolute Gasteiger partial charge is 2.00 e. The summed E-state index contributed by atoms with van der Waals surface area (Å²) in [4.78, 5) is 0. The number of hydrogen-bond acceptors (Lipinski definition) is 4. The van der Waals surface area contributed by atoms with E-state index in [1.54, 1.807) is 0 Å². The standard InChI is InChI=1S/Cu.Na.H2O4S/c;;1-5(2,3)4/h;;(H2,1,2,3,4)/q+2;;/p-2. The fraction of sp³-hybridized carbons (Fsp3) is 0. The van der Waals surface area contributed by atoms with Crippen molar-refractivity contribution in [2.75, 3.05) is 0 Å². The van der Waals surface area contributed by atoms with E-state index in [2.05, 4.69) is 0 Å². The molecule has 0 heterocycles. The monoisotopic (exact) mass is 182 g/mol.